The normalized spacial score (nSPS) is 30.5. The Morgan fingerprint density at radius 2 is 2.00 bits per heavy atom. The van der Waals surface area contributed by atoms with Crippen LogP contribution in [0.4, 0.5) is 4.79 Å². The van der Waals surface area contributed by atoms with Crippen LogP contribution in [0.15, 0.2) is 30.3 Å². The molecule has 112 valence electrons. The van der Waals surface area contributed by atoms with Gasteiger partial charge < -0.3 is 5.11 Å². The fraction of sp³-hybridized carbons (Fsp3) is 0.467. The lowest BCUT2D eigenvalue weighted by molar-refractivity contribution is -0.118. The van der Waals surface area contributed by atoms with Crippen LogP contribution in [0.2, 0.25) is 0 Å². The molecular formula is C15H15Cl2NO3. The van der Waals surface area contributed by atoms with Crippen molar-refractivity contribution in [2.45, 2.75) is 35.7 Å². The summed E-state index contributed by atoms with van der Waals surface area (Å²) in [6.07, 6.45) is 0.424. The van der Waals surface area contributed by atoms with E-state index in [9.17, 15) is 14.7 Å². The van der Waals surface area contributed by atoms with Gasteiger partial charge in [-0.05, 0) is 24.3 Å². The van der Waals surface area contributed by atoms with Crippen LogP contribution in [0.25, 0.3) is 0 Å². The average Bonchev–Trinajstić information content (AvgIpc) is 2.87. The van der Waals surface area contributed by atoms with Gasteiger partial charge in [0.1, 0.15) is 0 Å². The molecule has 1 aromatic rings. The second kappa shape index (κ2) is 5.18. The Labute approximate surface area is 132 Å². The van der Waals surface area contributed by atoms with E-state index in [2.05, 4.69) is 0 Å². The van der Waals surface area contributed by atoms with Crippen molar-refractivity contribution >= 4 is 35.1 Å². The van der Waals surface area contributed by atoms with E-state index in [-0.39, 0.29) is 24.2 Å². The van der Waals surface area contributed by atoms with Crippen molar-refractivity contribution in [1.82, 2.24) is 4.90 Å². The number of hydrogen-bond acceptors (Lipinski definition) is 2. The number of likely N-dealkylation sites (tertiary alicyclic amines) is 1. The number of halogens is 2. The molecule has 1 N–H and O–H groups in total. The highest BCUT2D eigenvalue weighted by molar-refractivity contribution is 6.59. The van der Waals surface area contributed by atoms with Gasteiger partial charge in [0.05, 0.1) is 6.04 Å². The molecule has 21 heavy (non-hydrogen) atoms. The van der Waals surface area contributed by atoms with Gasteiger partial charge in [-0.25, -0.2) is 4.79 Å². The molecule has 1 saturated heterocycles. The van der Waals surface area contributed by atoms with E-state index in [1.807, 2.05) is 30.3 Å². The van der Waals surface area contributed by atoms with E-state index in [1.54, 1.807) is 0 Å². The van der Waals surface area contributed by atoms with E-state index in [1.165, 1.54) is 4.90 Å². The maximum atomic E-state index is 11.9. The van der Waals surface area contributed by atoms with E-state index < -0.39 is 16.5 Å². The minimum absolute atomic E-state index is 0.0858. The zero-order valence-electron chi connectivity index (χ0n) is 11.2. The minimum Gasteiger partial charge on any atom is -0.465 e. The zero-order chi connectivity index (χ0) is 15.2. The molecular weight excluding hydrogens is 313 g/mol. The molecule has 1 amide bonds. The first-order chi connectivity index (χ1) is 9.91. The Kier molecular flexibility index (Phi) is 3.62. The molecule has 0 spiro atoms. The molecule has 1 aliphatic heterocycles. The summed E-state index contributed by atoms with van der Waals surface area (Å²) in [5, 5.41) is 9.52. The molecule has 3 rings (SSSR count). The standard InChI is InChI=1S/C15H15Cl2NO3/c16-15(17)12(19)8-10-7-11(18(13(10)15)14(20)21)6-9-4-2-1-3-5-9/h1-5,10-11,13H,6-8H2,(H,20,21). The van der Waals surface area contributed by atoms with Gasteiger partial charge >= 0.3 is 6.09 Å². The summed E-state index contributed by atoms with van der Waals surface area (Å²) in [5.41, 5.74) is 1.06. The SMILES string of the molecule is O=C(O)N1C(Cc2ccccc2)CC2CC(=O)C(Cl)(Cl)C21. The van der Waals surface area contributed by atoms with Crippen LogP contribution in [-0.4, -0.2) is 38.3 Å². The third kappa shape index (κ3) is 2.40. The second-order valence-electron chi connectivity index (χ2n) is 5.72. The number of benzene rings is 1. The lowest BCUT2D eigenvalue weighted by atomic mass is 9.98. The molecule has 1 aromatic carbocycles. The average molecular weight is 328 g/mol. The van der Waals surface area contributed by atoms with E-state index >= 15 is 0 Å². The molecule has 3 atom stereocenters. The maximum absolute atomic E-state index is 11.9. The zero-order valence-corrected chi connectivity index (χ0v) is 12.7. The van der Waals surface area contributed by atoms with E-state index in [4.69, 9.17) is 23.2 Å². The largest absolute Gasteiger partial charge is 0.465 e. The van der Waals surface area contributed by atoms with Gasteiger partial charge in [-0.1, -0.05) is 53.5 Å². The molecule has 1 saturated carbocycles. The van der Waals surface area contributed by atoms with Crippen molar-refractivity contribution in [2.24, 2.45) is 5.92 Å². The molecule has 2 aliphatic rings. The van der Waals surface area contributed by atoms with Gasteiger partial charge in [0.25, 0.3) is 0 Å². The fourth-order valence-electron chi connectivity index (χ4n) is 3.59. The monoisotopic (exact) mass is 327 g/mol. The number of fused-ring (bicyclic) bond motifs is 1. The number of hydrogen-bond donors (Lipinski definition) is 1. The number of alkyl halides is 2. The lowest BCUT2D eigenvalue weighted by Crippen LogP contribution is -2.50. The highest BCUT2D eigenvalue weighted by atomic mass is 35.5. The van der Waals surface area contributed by atoms with Crippen molar-refractivity contribution in [2.75, 3.05) is 0 Å². The molecule has 1 heterocycles. The lowest BCUT2D eigenvalue weighted by Gasteiger charge is -2.31. The van der Waals surface area contributed by atoms with Crippen LogP contribution in [-0.2, 0) is 11.2 Å². The Morgan fingerprint density at radius 3 is 2.62 bits per heavy atom. The molecule has 0 bridgehead atoms. The number of rotatable bonds is 2. The highest BCUT2D eigenvalue weighted by Gasteiger charge is 2.61. The number of amides is 1. The quantitative estimate of drug-likeness (QED) is 0.849. The van der Waals surface area contributed by atoms with Crippen LogP contribution in [0, 0.1) is 5.92 Å². The van der Waals surface area contributed by atoms with Crippen LogP contribution < -0.4 is 0 Å². The van der Waals surface area contributed by atoms with Gasteiger partial charge in [0.2, 0.25) is 0 Å². The van der Waals surface area contributed by atoms with Crippen LogP contribution >= 0.6 is 23.2 Å². The minimum atomic E-state index is -1.62. The molecule has 6 heteroatoms. The van der Waals surface area contributed by atoms with Crippen LogP contribution in [0.5, 0.6) is 0 Å². The Hall–Kier alpha value is -1.26. The second-order valence-corrected chi connectivity index (χ2v) is 7.11. The third-order valence-electron chi connectivity index (χ3n) is 4.44. The molecule has 1 aliphatic carbocycles. The summed E-state index contributed by atoms with van der Waals surface area (Å²) in [4.78, 5) is 24.8. The maximum Gasteiger partial charge on any atom is 0.407 e. The topological polar surface area (TPSA) is 57.6 Å². The van der Waals surface area contributed by atoms with Crippen molar-refractivity contribution in [3.8, 4) is 0 Å². The van der Waals surface area contributed by atoms with Gasteiger partial charge in [0, 0.05) is 12.5 Å². The molecule has 2 fully saturated rings. The summed E-state index contributed by atoms with van der Waals surface area (Å²) in [7, 11) is 0. The number of ketones is 1. The van der Waals surface area contributed by atoms with E-state index in [0.717, 1.165) is 5.56 Å². The van der Waals surface area contributed by atoms with Crippen molar-refractivity contribution in [3.63, 3.8) is 0 Å². The Morgan fingerprint density at radius 1 is 1.33 bits per heavy atom. The molecule has 0 aromatic heterocycles. The smallest absolute Gasteiger partial charge is 0.407 e. The summed E-state index contributed by atoms with van der Waals surface area (Å²) < 4.78 is -1.62. The predicted octanol–water partition coefficient (Wildman–Crippen LogP) is 3.11. The van der Waals surface area contributed by atoms with E-state index in [0.29, 0.717) is 12.8 Å². The summed E-state index contributed by atoms with van der Waals surface area (Å²) in [6, 6.07) is 8.87. The van der Waals surface area contributed by atoms with Crippen molar-refractivity contribution < 1.29 is 14.7 Å². The van der Waals surface area contributed by atoms with Gasteiger partial charge in [-0.2, -0.15) is 0 Å². The van der Waals surface area contributed by atoms with Crippen LogP contribution in [0.1, 0.15) is 18.4 Å². The number of carboxylic acid groups (broad SMARTS) is 1. The van der Waals surface area contributed by atoms with Crippen LogP contribution in [0.3, 0.4) is 0 Å². The first-order valence-electron chi connectivity index (χ1n) is 6.87. The Bertz CT molecular complexity index is 576. The fourth-order valence-corrected chi connectivity index (χ4v) is 4.31. The Balaban J connectivity index is 1.87. The molecule has 4 nitrogen and oxygen atoms in total. The summed E-state index contributed by atoms with van der Waals surface area (Å²) in [6.45, 7) is 0. The first-order valence-corrected chi connectivity index (χ1v) is 7.63. The summed E-state index contributed by atoms with van der Waals surface area (Å²) in [5.74, 6) is -0.359. The number of carbonyl (C=O) groups excluding carboxylic acids is 1. The van der Waals surface area contributed by atoms with Gasteiger partial charge in [-0.3, -0.25) is 9.69 Å². The molecule has 0 radical (unpaired) electrons. The van der Waals surface area contributed by atoms with Crippen molar-refractivity contribution in [1.29, 1.82) is 0 Å². The predicted molar refractivity (Wildman–Crippen MR) is 79.8 cm³/mol. The summed E-state index contributed by atoms with van der Waals surface area (Å²) >= 11 is 12.3. The third-order valence-corrected chi connectivity index (χ3v) is 5.31. The number of nitrogens with zero attached hydrogens (tertiary/aromatic N) is 1. The van der Waals surface area contributed by atoms with Crippen molar-refractivity contribution in [3.05, 3.63) is 35.9 Å². The highest BCUT2D eigenvalue weighted by Crippen LogP contribution is 2.50. The van der Waals surface area contributed by atoms with Gasteiger partial charge in [-0.15, -0.1) is 0 Å². The van der Waals surface area contributed by atoms with Gasteiger partial charge in [0.15, 0.2) is 10.1 Å². The number of carbonyl (C=O) groups is 2. The molecule has 3 unspecified atom stereocenters. The number of Topliss-reactive ketones (excluding diaryl/α,β-unsaturated/α-hetero) is 1. The first kappa shape index (κ1) is 14.7.